The Balaban J connectivity index is 1.50. The summed E-state index contributed by atoms with van der Waals surface area (Å²) in [7, 11) is 2.16. The molecule has 5 heteroatoms. The maximum atomic E-state index is 13.3. The molecule has 1 aromatic rings. The molecule has 3 atom stereocenters. The van der Waals surface area contributed by atoms with Gasteiger partial charge in [0.1, 0.15) is 17.7 Å². The Morgan fingerprint density at radius 3 is 2.79 bits per heavy atom. The maximum Gasteiger partial charge on any atom is 0.126 e. The molecule has 2 aliphatic rings. The van der Waals surface area contributed by atoms with E-state index in [1.54, 1.807) is 12.1 Å². The van der Waals surface area contributed by atoms with E-state index >= 15 is 0 Å². The van der Waals surface area contributed by atoms with Crippen molar-refractivity contribution in [2.24, 2.45) is 5.92 Å². The molecule has 0 amide bonds. The summed E-state index contributed by atoms with van der Waals surface area (Å²) in [4.78, 5) is 2.36. The van der Waals surface area contributed by atoms with Gasteiger partial charge in [-0.1, -0.05) is 6.07 Å². The summed E-state index contributed by atoms with van der Waals surface area (Å²) in [5.74, 6) is 0.401. The first-order chi connectivity index (χ1) is 11.6. The van der Waals surface area contributed by atoms with Crippen molar-refractivity contribution >= 4 is 0 Å². The van der Waals surface area contributed by atoms with Crippen LogP contribution in [0.5, 0.6) is 5.75 Å². The summed E-state index contributed by atoms with van der Waals surface area (Å²) in [6.45, 7) is 3.10. The Labute approximate surface area is 144 Å². The molecular formula is C19H29FN2O2. The molecule has 3 rings (SSSR count). The van der Waals surface area contributed by atoms with Gasteiger partial charge in [-0.25, -0.2) is 4.39 Å². The number of nitrogens with zero attached hydrogens (tertiary/aromatic N) is 1. The van der Waals surface area contributed by atoms with Gasteiger partial charge in [-0.3, -0.25) is 0 Å². The number of nitrogens with one attached hydrogen (secondary N) is 1. The fraction of sp³-hybridized carbons (Fsp3) is 0.684. The molecule has 1 saturated heterocycles. The average molecular weight is 336 g/mol. The van der Waals surface area contributed by atoms with E-state index in [-0.39, 0.29) is 17.8 Å². The summed E-state index contributed by atoms with van der Waals surface area (Å²) in [5, 5.41) is 14.3. The highest BCUT2D eigenvalue weighted by Crippen LogP contribution is 2.28. The van der Waals surface area contributed by atoms with E-state index in [2.05, 4.69) is 17.3 Å². The van der Waals surface area contributed by atoms with Gasteiger partial charge in [0.2, 0.25) is 0 Å². The molecule has 1 heterocycles. The number of ether oxygens (including phenoxy) is 1. The largest absolute Gasteiger partial charge is 0.488 e. The van der Waals surface area contributed by atoms with E-state index < -0.39 is 6.10 Å². The van der Waals surface area contributed by atoms with Crippen molar-refractivity contribution in [3.63, 3.8) is 0 Å². The summed E-state index contributed by atoms with van der Waals surface area (Å²) in [6, 6.07) is 6.72. The number of aliphatic hydroxyl groups is 1. The van der Waals surface area contributed by atoms with Crippen LogP contribution >= 0.6 is 0 Å². The monoisotopic (exact) mass is 336 g/mol. The van der Waals surface area contributed by atoms with Gasteiger partial charge in [0.05, 0.1) is 6.10 Å². The smallest absolute Gasteiger partial charge is 0.126 e. The lowest BCUT2D eigenvalue weighted by Gasteiger charge is -2.37. The first kappa shape index (κ1) is 17.6. The van der Waals surface area contributed by atoms with Crippen LogP contribution in [0.25, 0.3) is 0 Å². The van der Waals surface area contributed by atoms with E-state index in [0.717, 1.165) is 38.9 Å². The fourth-order valence-corrected chi connectivity index (χ4v) is 3.82. The zero-order chi connectivity index (χ0) is 16.9. The van der Waals surface area contributed by atoms with Crippen LogP contribution in [0.4, 0.5) is 4.39 Å². The van der Waals surface area contributed by atoms with Crippen LogP contribution in [0.2, 0.25) is 0 Å². The number of hydrogen-bond donors (Lipinski definition) is 2. The highest BCUT2D eigenvalue weighted by molar-refractivity contribution is 5.23. The summed E-state index contributed by atoms with van der Waals surface area (Å²) in [5.41, 5.74) is 0. The molecule has 2 N–H and O–H groups in total. The van der Waals surface area contributed by atoms with Gasteiger partial charge in [0.15, 0.2) is 0 Å². The molecule has 1 aliphatic heterocycles. The van der Waals surface area contributed by atoms with Gasteiger partial charge in [-0.15, -0.1) is 0 Å². The molecule has 1 saturated carbocycles. The molecule has 0 radical (unpaired) electrons. The number of piperidine rings is 1. The van der Waals surface area contributed by atoms with Crippen molar-refractivity contribution in [1.29, 1.82) is 0 Å². The Bertz CT molecular complexity index is 520. The minimum Gasteiger partial charge on any atom is -0.488 e. The van der Waals surface area contributed by atoms with Gasteiger partial charge in [0.25, 0.3) is 0 Å². The summed E-state index contributed by atoms with van der Waals surface area (Å²) < 4.78 is 19.2. The molecule has 0 bridgehead atoms. The lowest BCUT2D eigenvalue weighted by Crippen LogP contribution is -2.48. The van der Waals surface area contributed by atoms with Crippen molar-refractivity contribution in [3.05, 3.63) is 30.1 Å². The molecule has 0 spiro atoms. The van der Waals surface area contributed by atoms with E-state index in [1.807, 2.05) is 0 Å². The first-order valence-corrected chi connectivity index (χ1v) is 9.14. The summed E-state index contributed by atoms with van der Waals surface area (Å²) >= 11 is 0. The molecule has 0 unspecified atom stereocenters. The second-order valence-corrected chi connectivity index (χ2v) is 7.28. The highest BCUT2D eigenvalue weighted by atomic mass is 19.1. The SMILES string of the molecule is CN1CCC(NC[C@H]2CCC[C@@H](Oc3cccc(F)c3)[C@@H]2O)CC1. The van der Waals surface area contributed by atoms with Gasteiger partial charge >= 0.3 is 0 Å². The Morgan fingerprint density at radius 1 is 1.25 bits per heavy atom. The van der Waals surface area contributed by atoms with Gasteiger partial charge in [0, 0.05) is 24.6 Å². The van der Waals surface area contributed by atoms with Crippen LogP contribution < -0.4 is 10.1 Å². The average Bonchev–Trinajstić information content (AvgIpc) is 2.57. The molecule has 1 aliphatic carbocycles. The van der Waals surface area contributed by atoms with Crippen LogP contribution in [-0.4, -0.2) is 54.9 Å². The molecule has 4 nitrogen and oxygen atoms in total. The third-order valence-electron chi connectivity index (χ3n) is 5.40. The lowest BCUT2D eigenvalue weighted by atomic mass is 9.84. The Kier molecular flexibility index (Phi) is 6.09. The lowest BCUT2D eigenvalue weighted by molar-refractivity contribution is -0.0316. The van der Waals surface area contributed by atoms with Gasteiger partial charge in [-0.05, 0) is 64.4 Å². The minimum absolute atomic E-state index is 0.206. The molecule has 24 heavy (non-hydrogen) atoms. The predicted molar refractivity (Wildman–Crippen MR) is 92.7 cm³/mol. The first-order valence-electron chi connectivity index (χ1n) is 9.14. The quantitative estimate of drug-likeness (QED) is 0.867. The van der Waals surface area contributed by atoms with E-state index in [9.17, 15) is 9.50 Å². The van der Waals surface area contributed by atoms with Crippen LogP contribution in [0.3, 0.4) is 0 Å². The second-order valence-electron chi connectivity index (χ2n) is 7.28. The molecule has 2 fully saturated rings. The number of benzene rings is 1. The highest BCUT2D eigenvalue weighted by Gasteiger charge is 2.33. The van der Waals surface area contributed by atoms with Crippen LogP contribution in [0.1, 0.15) is 32.1 Å². The zero-order valence-corrected chi connectivity index (χ0v) is 14.5. The van der Waals surface area contributed by atoms with Gasteiger partial charge in [-0.2, -0.15) is 0 Å². The van der Waals surface area contributed by atoms with Crippen LogP contribution in [0, 0.1) is 11.7 Å². The minimum atomic E-state index is -0.499. The fourth-order valence-electron chi connectivity index (χ4n) is 3.82. The zero-order valence-electron chi connectivity index (χ0n) is 14.5. The standard InChI is InChI=1S/C19H29FN2O2/c1-22-10-8-16(9-11-22)21-13-14-4-2-7-18(19(14)23)24-17-6-3-5-15(20)12-17/h3,5-6,12,14,16,18-19,21,23H,2,4,7-11,13H2,1H3/t14-,18-,19-/m1/s1. The van der Waals surface area contributed by atoms with Crippen molar-refractivity contribution in [2.75, 3.05) is 26.7 Å². The maximum absolute atomic E-state index is 13.3. The van der Waals surface area contributed by atoms with Crippen LogP contribution in [-0.2, 0) is 0 Å². The van der Waals surface area contributed by atoms with Crippen molar-refractivity contribution in [2.45, 2.75) is 50.4 Å². The number of likely N-dealkylation sites (tertiary alicyclic amines) is 1. The third kappa shape index (κ3) is 4.68. The molecule has 0 aromatic heterocycles. The predicted octanol–water partition coefficient (Wildman–Crippen LogP) is 2.42. The number of aliphatic hydroxyl groups excluding tert-OH is 1. The van der Waals surface area contributed by atoms with Crippen molar-refractivity contribution in [1.82, 2.24) is 10.2 Å². The van der Waals surface area contributed by atoms with Crippen LogP contribution in [0.15, 0.2) is 24.3 Å². The van der Waals surface area contributed by atoms with Gasteiger partial charge < -0.3 is 20.1 Å². The van der Waals surface area contributed by atoms with Crippen molar-refractivity contribution in [3.8, 4) is 5.75 Å². The molecule has 1 aromatic carbocycles. The number of halogens is 1. The molecular weight excluding hydrogens is 307 g/mol. The summed E-state index contributed by atoms with van der Waals surface area (Å²) in [6.07, 6.45) is 4.47. The van der Waals surface area contributed by atoms with E-state index in [1.165, 1.54) is 25.0 Å². The number of rotatable bonds is 5. The normalized spacial score (nSPS) is 29.5. The van der Waals surface area contributed by atoms with E-state index in [0.29, 0.717) is 11.8 Å². The number of hydrogen-bond acceptors (Lipinski definition) is 4. The van der Waals surface area contributed by atoms with E-state index in [4.69, 9.17) is 4.74 Å². The second kappa shape index (κ2) is 8.28. The Morgan fingerprint density at radius 2 is 2.04 bits per heavy atom. The molecule has 134 valence electrons. The third-order valence-corrected chi connectivity index (χ3v) is 5.40. The topological polar surface area (TPSA) is 44.7 Å². The van der Waals surface area contributed by atoms with Crippen molar-refractivity contribution < 1.29 is 14.2 Å². The Hall–Kier alpha value is -1.17.